The van der Waals surface area contributed by atoms with Gasteiger partial charge in [-0.3, -0.25) is 0 Å². The van der Waals surface area contributed by atoms with Gasteiger partial charge < -0.3 is 21.3 Å². The third-order valence-corrected chi connectivity index (χ3v) is 4.56. The Balaban J connectivity index is 1.80. The predicted molar refractivity (Wildman–Crippen MR) is 97.5 cm³/mol. The number of rotatable bonds is 4. The molecule has 1 aliphatic heterocycles. The van der Waals surface area contributed by atoms with Crippen LogP contribution in [-0.4, -0.2) is 57.8 Å². The number of hydrogen-bond donors (Lipinski definition) is 2. The molecule has 1 aromatic carbocycles. The van der Waals surface area contributed by atoms with Crippen LogP contribution < -0.4 is 11.5 Å². The van der Waals surface area contributed by atoms with Gasteiger partial charge in [0.25, 0.3) is 0 Å². The van der Waals surface area contributed by atoms with Crippen LogP contribution in [0.3, 0.4) is 0 Å². The number of hydrogen-bond acceptors (Lipinski definition) is 6. The second-order valence-corrected chi connectivity index (χ2v) is 6.31. The fraction of sp³-hybridized carbons (Fsp3) is 0.412. The van der Waals surface area contributed by atoms with Gasteiger partial charge in [0.15, 0.2) is 0 Å². The van der Waals surface area contributed by atoms with Gasteiger partial charge in [-0.2, -0.15) is 9.67 Å². The first-order chi connectivity index (χ1) is 11.5. The average Bonchev–Trinajstić information content (AvgIpc) is 3.16. The molecule has 1 aliphatic rings. The fourth-order valence-corrected chi connectivity index (χ4v) is 3.22. The lowest BCUT2D eigenvalue weighted by Crippen LogP contribution is -2.31. The number of nitrogens with two attached hydrogens (primary N) is 2. The van der Waals surface area contributed by atoms with Gasteiger partial charge in [-0.1, -0.05) is 18.2 Å². The van der Waals surface area contributed by atoms with E-state index in [1.54, 1.807) is 4.68 Å². The molecule has 1 saturated heterocycles. The van der Waals surface area contributed by atoms with Gasteiger partial charge >= 0.3 is 0 Å². The molecule has 2 heterocycles. The second kappa shape index (κ2) is 6.52. The summed E-state index contributed by atoms with van der Waals surface area (Å²) in [6.45, 7) is 4.22. The normalized spacial score (nSPS) is 18.6. The summed E-state index contributed by atoms with van der Waals surface area (Å²) in [5, 5.41) is 4.11. The smallest absolute Gasteiger partial charge is 0.241 e. The number of nitrogens with zero attached hydrogens (tertiary/aromatic N) is 5. The topological polar surface area (TPSA) is 89.2 Å². The molecular formula is C17H25N7. The first kappa shape index (κ1) is 16.3. The molecule has 7 nitrogen and oxygen atoms in total. The van der Waals surface area contributed by atoms with Crippen LogP contribution >= 0.6 is 0 Å². The molecule has 0 saturated carbocycles. The molecule has 0 bridgehead atoms. The van der Waals surface area contributed by atoms with E-state index in [1.165, 1.54) is 17.7 Å². The number of aromatic nitrogens is 3. The van der Waals surface area contributed by atoms with Crippen LogP contribution in [0.25, 0.3) is 11.4 Å². The zero-order chi connectivity index (χ0) is 17.3. The van der Waals surface area contributed by atoms with E-state index in [1.807, 2.05) is 12.1 Å². The molecule has 0 radical (unpaired) electrons. The Bertz CT molecular complexity index is 730. The highest BCUT2D eigenvalue weighted by molar-refractivity contribution is 5.65. The average molecular weight is 327 g/mol. The molecule has 24 heavy (non-hydrogen) atoms. The van der Waals surface area contributed by atoms with Gasteiger partial charge in [-0.05, 0) is 45.1 Å². The quantitative estimate of drug-likeness (QED) is 0.883. The third kappa shape index (κ3) is 3.07. The molecule has 128 valence electrons. The van der Waals surface area contributed by atoms with Crippen molar-refractivity contribution < 1.29 is 0 Å². The Labute approximate surface area is 142 Å². The standard InChI is InChI=1S/C17H25N7/c1-4-15(23-10-9-14(11-23)22(2)3)12-5-7-13(8-6-12)24-17(19)20-16(18)21-24/h4-8,14H,9-11H2,1-3H3,(H4,18,19,20,21)/b15-4+. The molecule has 3 rings (SSSR count). The molecule has 1 fully saturated rings. The molecule has 0 aliphatic carbocycles. The SMILES string of the molecule is C/C=C(\c1ccc(-n2nc(N)nc2N)cc1)N1CCC(N(C)C)C1. The molecule has 0 spiro atoms. The maximum Gasteiger partial charge on any atom is 0.241 e. The van der Waals surface area contributed by atoms with E-state index in [0.29, 0.717) is 12.0 Å². The molecule has 0 amide bonds. The first-order valence-electron chi connectivity index (χ1n) is 8.16. The summed E-state index contributed by atoms with van der Waals surface area (Å²) < 4.78 is 1.55. The van der Waals surface area contributed by atoms with E-state index in [2.05, 4.69) is 59.1 Å². The lowest BCUT2D eigenvalue weighted by molar-refractivity contribution is 0.299. The molecule has 1 atom stereocenters. The van der Waals surface area contributed by atoms with E-state index in [0.717, 1.165) is 18.8 Å². The van der Waals surface area contributed by atoms with Crippen LogP contribution in [0.2, 0.25) is 0 Å². The molecule has 1 unspecified atom stereocenters. The van der Waals surface area contributed by atoms with Crippen LogP contribution in [0.5, 0.6) is 0 Å². The highest BCUT2D eigenvalue weighted by atomic mass is 15.4. The van der Waals surface area contributed by atoms with Crippen LogP contribution in [0.1, 0.15) is 18.9 Å². The summed E-state index contributed by atoms with van der Waals surface area (Å²) in [7, 11) is 4.29. The van der Waals surface area contributed by atoms with Crippen LogP contribution in [0.15, 0.2) is 30.3 Å². The number of allylic oxidation sites excluding steroid dienone is 1. The van der Waals surface area contributed by atoms with Crippen LogP contribution in [-0.2, 0) is 0 Å². The predicted octanol–water partition coefficient (Wildman–Crippen LogP) is 1.43. The molecule has 7 heteroatoms. The van der Waals surface area contributed by atoms with Crippen molar-refractivity contribution in [1.82, 2.24) is 24.6 Å². The van der Waals surface area contributed by atoms with Gasteiger partial charge in [0.2, 0.25) is 11.9 Å². The van der Waals surface area contributed by atoms with Crippen molar-refractivity contribution in [3.63, 3.8) is 0 Å². The number of nitrogen functional groups attached to an aromatic ring is 2. The van der Waals surface area contributed by atoms with E-state index >= 15 is 0 Å². The maximum absolute atomic E-state index is 5.83. The monoisotopic (exact) mass is 327 g/mol. The van der Waals surface area contributed by atoms with Gasteiger partial charge in [0, 0.05) is 24.8 Å². The number of benzene rings is 1. The Morgan fingerprint density at radius 1 is 1.25 bits per heavy atom. The van der Waals surface area contributed by atoms with Crippen molar-refractivity contribution in [2.45, 2.75) is 19.4 Å². The van der Waals surface area contributed by atoms with Crippen molar-refractivity contribution >= 4 is 17.6 Å². The summed E-state index contributed by atoms with van der Waals surface area (Å²) in [5.74, 6) is 0.470. The lowest BCUT2D eigenvalue weighted by atomic mass is 10.1. The van der Waals surface area contributed by atoms with E-state index in [4.69, 9.17) is 11.5 Å². The molecule has 1 aromatic heterocycles. The highest BCUT2D eigenvalue weighted by Gasteiger charge is 2.25. The van der Waals surface area contributed by atoms with E-state index in [9.17, 15) is 0 Å². The Kier molecular flexibility index (Phi) is 4.44. The minimum atomic E-state index is 0.178. The highest BCUT2D eigenvalue weighted by Crippen LogP contribution is 2.26. The van der Waals surface area contributed by atoms with Crippen molar-refractivity contribution in [3.05, 3.63) is 35.9 Å². The van der Waals surface area contributed by atoms with Gasteiger partial charge in [0.05, 0.1) is 5.69 Å². The number of likely N-dealkylation sites (N-methyl/N-ethyl adjacent to an activating group) is 1. The van der Waals surface area contributed by atoms with E-state index < -0.39 is 0 Å². The Morgan fingerprint density at radius 3 is 2.46 bits per heavy atom. The fourth-order valence-electron chi connectivity index (χ4n) is 3.22. The summed E-state index contributed by atoms with van der Waals surface area (Å²) >= 11 is 0. The largest absolute Gasteiger partial charge is 0.370 e. The Morgan fingerprint density at radius 2 is 1.96 bits per heavy atom. The first-order valence-corrected chi connectivity index (χ1v) is 8.16. The Hall–Kier alpha value is -2.54. The van der Waals surface area contributed by atoms with Crippen molar-refractivity contribution in [1.29, 1.82) is 0 Å². The summed E-state index contributed by atoms with van der Waals surface area (Å²) in [5.41, 5.74) is 14.7. The number of likely N-dealkylation sites (tertiary alicyclic amines) is 1. The minimum Gasteiger partial charge on any atom is -0.370 e. The second-order valence-electron chi connectivity index (χ2n) is 6.31. The van der Waals surface area contributed by atoms with Gasteiger partial charge in [0.1, 0.15) is 0 Å². The third-order valence-electron chi connectivity index (χ3n) is 4.56. The number of anilines is 2. The molecular weight excluding hydrogens is 302 g/mol. The van der Waals surface area contributed by atoms with Crippen molar-refractivity contribution in [3.8, 4) is 5.69 Å². The summed E-state index contributed by atoms with van der Waals surface area (Å²) in [6, 6.07) is 8.76. The van der Waals surface area contributed by atoms with Gasteiger partial charge in [-0.25, -0.2) is 0 Å². The molecule has 2 aromatic rings. The zero-order valence-corrected chi connectivity index (χ0v) is 14.5. The maximum atomic E-state index is 5.83. The van der Waals surface area contributed by atoms with Crippen molar-refractivity contribution in [2.24, 2.45) is 0 Å². The van der Waals surface area contributed by atoms with E-state index in [-0.39, 0.29) is 5.95 Å². The summed E-state index contributed by atoms with van der Waals surface area (Å²) in [6.07, 6.45) is 3.37. The van der Waals surface area contributed by atoms with Crippen LogP contribution in [0, 0.1) is 0 Å². The zero-order valence-electron chi connectivity index (χ0n) is 14.5. The lowest BCUT2D eigenvalue weighted by Gasteiger charge is -2.24. The van der Waals surface area contributed by atoms with Crippen LogP contribution in [0.4, 0.5) is 11.9 Å². The minimum absolute atomic E-state index is 0.178. The van der Waals surface area contributed by atoms with Crippen molar-refractivity contribution in [2.75, 3.05) is 38.7 Å². The van der Waals surface area contributed by atoms with Gasteiger partial charge in [-0.15, -0.1) is 5.10 Å². The summed E-state index contributed by atoms with van der Waals surface area (Å²) in [4.78, 5) is 8.68. The molecule has 4 N–H and O–H groups in total.